The molecule has 154 valence electrons. The summed E-state index contributed by atoms with van der Waals surface area (Å²) in [5, 5.41) is 2.94. The highest BCUT2D eigenvalue weighted by molar-refractivity contribution is 6.32. The number of halogens is 1. The van der Waals surface area contributed by atoms with E-state index in [9.17, 15) is 14.4 Å². The van der Waals surface area contributed by atoms with Crippen molar-refractivity contribution in [3.05, 3.63) is 59.1 Å². The van der Waals surface area contributed by atoms with E-state index in [1.165, 1.54) is 12.1 Å². The molecule has 0 heterocycles. The molecule has 0 radical (unpaired) electrons. The molecule has 3 amide bonds. The zero-order valence-corrected chi connectivity index (χ0v) is 17.0. The Morgan fingerprint density at radius 2 is 1.62 bits per heavy atom. The van der Waals surface area contributed by atoms with Gasteiger partial charge in [-0.1, -0.05) is 23.7 Å². The highest BCUT2D eigenvalue weighted by atomic mass is 35.5. The third-order valence-electron chi connectivity index (χ3n) is 3.30. The van der Waals surface area contributed by atoms with E-state index < -0.39 is 23.5 Å². The van der Waals surface area contributed by atoms with Gasteiger partial charge in [-0.2, -0.15) is 0 Å². The Morgan fingerprint density at radius 3 is 2.24 bits per heavy atom. The lowest BCUT2D eigenvalue weighted by Gasteiger charge is -2.19. The van der Waals surface area contributed by atoms with Crippen LogP contribution >= 0.6 is 11.6 Å². The average Bonchev–Trinajstić information content (AvgIpc) is 2.64. The molecule has 0 unspecified atom stereocenters. The van der Waals surface area contributed by atoms with Crippen LogP contribution in [0.25, 0.3) is 0 Å². The SMILES string of the molecule is CC(C)(C)OC(=O)Nc1ccc(C(=O)NNC(=O)COc2ccccc2Cl)cc1. The molecule has 0 aromatic heterocycles. The number of rotatable bonds is 5. The minimum absolute atomic E-state index is 0.284. The van der Waals surface area contributed by atoms with Gasteiger partial charge in [0.1, 0.15) is 11.4 Å². The summed E-state index contributed by atoms with van der Waals surface area (Å²) in [6, 6.07) is 12.8. The van der Waals surface area contributed by atoms with Gasteiger partial charge in [0.25, 0.3) is 11.8 Å². The van der Waals surface area contributed by atoms with Crippen LogP contribution in [-0.2, 0) is 9.53 Å². The van der Waals surface area contributed by atoms with Crippen molar-refractivity contribution in [3.63, 3.8) is 0 Å². The topological polar surface area (TPSA) is 106 Å². The van der Waals surface area contributed by atoms with E-state index in [1.807, 2.05) is 0 Å². The normalized spacial score (nSPS) is 10.6. The van der Waals surface area contributed by atoms with Crippen molar-refractivity contribution in [1.82, 2.24) is 10.9 Å². The summed E-state index contributed by atoms with van der Waals surface area (Å²) in [5.41, 5.74) is 4.66. The first-order valence-corrected chi connectivity index (χ1v) is 9.08. The molecular weight excluding hydrogens is 398 g/mol. The van der Waals surface area contributed by atoms with Crippen molar-refractivity contribution in [1.29, 1.82) is 0 Å². The highest BCUT2D eigenvalue weighted by Crippen LogP contribution is 2.22. The molecule has 0 fully saturated rings. The van der Waals surface area contributed by atoms with Crippen LogP contribution in [0.5, 0.6) is 5.75 Å². The molecule has 0 spiro atoms. The summed E-state index contributed by atoms with van der Waals surface area (Å²) in [7, 11) is 0. The number of hydrogen-bond donors (Lipinski definition) is 3. The number of carbonyl (C=O) groups excluding carboxylic acids is 3. The number of nitrogens with one attached hydrogen (secondary N) is 3. The summed E-state index contributed by atoms with van der Waals surface area (Å²) in [6.07, 6.45) is -0.597. The fraction of sp³-hybridized carbons (Fsp3) is 0.250. The zero-order valence-electron chi connectivity index (χ0n) is 16.2. The molecule has 29 heavy (non-hydrogen) atoms. The third-order valence-corrected chi connectivity index (χ3v) is 3.62. The lowest BCUT2D eigenvalue weighted by molar-refractivity contribution is -0.123. The zero-order chi connectivity index (χ0) is 21.4. The molecule has 0 aliphatic carbocycles. The molecule has 0 saturated heterocycles. The summed E-state index contributed by atoms with van der Waals surface area (Å²) in [5.74, 6) is -0.717. The van der Waals surface area contributed by atoms with E-state index >= 15 is 0 Å². The Morgan fingerprint density at radius 1 is 0.966 bits per heavy atom. The Hall–Kier alpha value is -3.26. The molecule has 0 aliphatic rings. The first kappa shape index (κ1) is 22.0. The van der Waals surface area contributed by atoms with E-state index in [-0.39, 0.29) is 12.2 Å². The monoisotopic (exact) mass is 419 g/mol. The van der Waals surface area contributed by atoms with Crippen molar-refractivity contribution < 1.29 is 23.9 Å². The first-order valence-electron chi connectivity index (χ1n) is 8.70. The second-order valence-electron chi connectivity index (χ2n) is 6.93. The maximum atomic E-state index is 12.1. The lowest BCUT2D eigenvalue weighted by atomic mass is 10.2. The van der Waals surface area contributed by atoms with Crippen molar-refractivity contribution in [2.45, 2.75) is 26.4 Å². The molecule has 0 atom stereocenters. The fourth-order valence-electron chi connectivity index (χ4n) is 2.07. The summed E-state index contributed by atoms with van der Waals surface area (Å²) in [6.45, 7) is 4.96. The van der Waals surface area contributed by atoms with Crippen LogP contribution in [0, 0.1) is 0 Å². The molecule has 3 N–H and O–H groups in total. The summed E-state index contributed by atoms with van der Waals surface area (Å²) in [4.78, 5) is 35.6. The minimum Gasteiger partial charge on any atom is -0.482 e. The predicted octanol–water partition coefficient (Wildman–Crippen LogP) is 3.53. The van der Waals surface area contributed by atoms with E-state index in [4.69, 9.17) is 21.1 Å². The summed E-state index contributed by atoms with van der Waals surface area (Å²) < 4.78 is 10.4. The molecule has 2 aromatic rings. The molecule has 2 rings (SSSR count). The number of amides is 3. The fourth-order valence-corrected chi connectivity index (χ4v) is 2.26. The number of ether oxygens (including phenoxy) is 2. The van der Waals surface area contributed by atoms with Gasteiger partial charge in [0.05, 0.1) is 5.02 Å². The van der Waals surface area contributed by atoms with E-state index in [0.717, 1.165) is 0 Å². The van der Waals surface area contributed by atoms with Gasteiger partial charge in [-0.15, -0.1) is 0 Å². The smallest absolute Gasteiger partial charge is 0.412 e. The minimum atomic E-state index is -0.613. The Labute approximate surface area is 173 Å². The van der Waals surface area contributed by atoms with E-state index in [1.54, 1.807) is 57.2 Å². The second kappa shape index (κ2) is 9.79. The number of hydrogen-bond acceptors (Lipinski definition) is 5. The van der Waals surface area contributed by atoms with Crippen molar-refractivity contribution >= 4 is 35.2 Å². The Balaban J connectivity index is 1.79. The Bertz CT molecular complexity index is 878. The van der Waals surface area contributed by atoms with Gasteiger partial charge in [0.15, 0.2) is 6.61 Å². The maximum absolute atomic E-state index is 12.1. The van der Waals surface area contributed by atoms with Crippen molar-refractivity contribution in [2.24, 2.45) is 0 Å². The van der Waals surface area contributed by atoms with Gasteiger partial charge in [0, 0.05) is 11.3 Å². The standard InChI is InChI=1S/C20H22ClN3O5/c1-20(2,3)29-19(27)22-14-10-8-13(9-11-14)18(26)24-23-17(25)12-28-16-7-5-4-6-15(16)21/h4-11H,12H2,1-3H3,(H,22,27)(H,23,25)(H,24,26). The van der Waals surface area contributed by atoms with Gasteiger partial charge < -0.3 is 9.47 Å². The van der Waals surface area contributed by atoms with E-state index in [0.29, 0.717) is 16.5 Å². The first-order chi connectivity index (χ1) is 13.6. The van der Waals surface area contributed by atoms with E-state index in [2.05, 4.69) is 16.2 Å². The maximum Gasteiger partial charge on any atom is 0.412 e. The van der Waals surface area contributed by atoms with Gasteiger partial charge >= 0.3 is 6.09 Å². The van der Waals surface area contributed by atoms with Gasteiger partial charge in [-0.25, -0.2) is 4.79 Å². The molecular formula is C20H22ClN3O5. The van der Waals surface area contributed by atoms with Crippen molar-refractivity contribution in [2.75, 3.05) is 11.9 Å². The predicted molar refractivity (Wildman–Crippen MR) is 109 cm³/mol. The third kappa shape index (κ3) is 7.71. The number of hydrazine groups is 1. The van der Waals surface area contributed by atoms with Crippen LogP contribution in [0.4, 0.5) is 10.5 Å². The summed E-state index contributed by atoms with van der Waals surface area (Å²) >= 11 is 5.93. The van der Waals surface area contributed by atoms with Gasteiger partial charge in [0.2, 0.25) is 0 Å². The highest BCUT2D eigenvalue weighted by Gasteiger charge is 2.16. The number of anilines is 1. The van der Waals surface area contributed by atoms with Crippen LogP contribution in [0.3, 0.4) is 0 Å². The molecule has 0 aliphatic heterocycles. The molecule has 8 nitrogen and oxygen atoms in total. The molecule has 0 saturated carbocycles. The molecule has 9 heteroatoms. The van der Waals surface area contributed by atoms with Crippen LogP contribution in [0.1, 0.15) is 31.1 Å². The van der Waals surface area contributed by atoms with Crippen molar-refractivity contribution in [3.8, 4) is 5.75 Å². The largest absolute Gasteiger partial charge is 0.482 e. The second-order valence-corrected chi connectivity index (χ2v) is 7.33. The van der Waals surface area contributed by atoms with Gasteiger partial charge in [-0.05, 0) is 57.2 Å². The number of benzene rings is 2. The van der Waals surface area contributed by atoms with Gasteiger partial charge in [-0.3, -0.25) is 25.8 Å². The molecule has 2 aromatic carbocycles. The van der Waals surface area contributed by atoms with Crippen LogP contribution in [-0.4, -0.2) is 30.1 Å². The molecule has 0 bridgehead atoms. The Kier molecular flexibility index (Phi) is 7.44. The van der Waals surface area contributed by atoms with Crippen LogP contribution in [0.15, 0.2) is 48.5 Å². The average molecular weight is 420 g/mol. The lowest BCUT2D eigenvalue weighted by Crippen LogP contribution is -2.43. The quantitative estimate of drug-likeness (QED) is 0.643. The number of para-hydroxylation sites is 1. The van der Waals surface area contributed by atoms with Crippen LogP contribution in [0.2, 0.25) is 5.02 Å². The number of carbonyl (C=O) groups is 3. The van der Waals surface area contributed by atoms with Crippen LogP contribution < -0.4 is 20.9 Å².